The number of nitrogens with zero attached hydrogens (tertiary/aromatic N) is 1. The van der Waals surface area contributed by atoms with Crippen LogP contribution in [0.2, 0.25) is 0 Å². The first-order valence-electron chi connectivity index (χ1n) is 20.9. The van der Waals surface area contributed by atoms with Crippen molar-refractivity contribution in [3.63, 3.8) is 0 Å². The van der Waals surface area contributed by atoms with E-state index >= 15 is 4.79 Å². The summed E-state index contributed by atoms with van der Waals surface area (Å²) in [6, 6.07) is -0.658. The topological polar surface area (TPSA) is 123 Å². The van der Waals surface area contributed by atoms with Gasteiger partial charge in [-0.15, -0.1) is 0 Å². The van der Waals surface area contributed by atoms with Crippen LogP contribution in [0.4, 0.5) is 0 Å². The maximum atomic E-state index is 15.0. The molecule has 0 aromatic heterocycles. The number of likely N-dealkylation sites (tertiary alicyclic amines) is 1. The third kappa shape index (κ3) is 8.96. The Morgan fingerprint density at radius 3 is 2.00 bits per heavy atom. The van der Waals surface area contributed by atoms with E-state index in [1.807, 2.05) is 6.92 Å². The summed E-state index contributed by atoms with van der Waals surface area (Å²) in [5, 5.41) is 0. The van der Waals surface area contributed by atoms with Gasteiger partial charge in [0, 0.05) is 38.1 Å². The number of sulfone groups is 1. The van der Waals surface area contributed by atoms with Crippen LogP contribution in [0.1, 0.15) is 170 Å². The molecule has 1 aliphatic heterocycles. The molecule has 5 atom stereocenters. The fraction of sp³-hybridized carbons (Fsp3) is 0.884. The van der Waals surface area contributed by atoms with Crippen LogP contribution in [0.25, 0.3) is 0 Å². The van der Waals surface area contributed by atoms with Gasteiger partial charge in [-0.3, -0.25) is 24.0 Å². The highest BCUT2D eigenvalue weighted by molar-refractivity contribution is 7.92. The van der Waals surface area contributed by atoms with Crippen LogP contribution in [0.15, 0.2) is 0 Å². The second-order valence-corrected chi connectivity index (χ2v) is 22.7. The van der Waals surface area contributed by atoms with E-state index < -0.39 is 49.1 Å². The molecule has 0 radical (unpaired) electrons. The fourth-order valence-corrected chi connectivity index (χ4v) is 12.1. The molecule has 0 aromatic carbocycles. The van der Waals surface area contributed by atoms with Gasteiger partial charge in [-0.2, -0.15) is 0 Å². The lowest BCUT2D eigenvalue weighted by molar-refractivity contribution is -0.150. The van der Waals surface area contributed by atoms with Gasteiger partial charge in [-0.25, -0.2) is 8.42 Å². The number of ketones is 4. The number of fused-ring (bicyclic) bond motifs is 1. The number of carbonyl (C=O) groups is 5. The highest BCUT2D eigenvalue weighted by Gasteiger charge is 2.69. The Morgan fingerprint density at radius 2 is 1.44 bits per heavy atom. The third-order valence-electron chi connectivity index (χ3n) is 14.5. The van der Waals surface area contributed by atoms with Crippen LogP contribution in [0, 0.1) is 45.8 Å². The molecule has 0 bridgehead atoms. The van der Waals surface area contributed by atoms with E-state index in [0.717, 1.165) is 77.0 Å². The van der Waals surface area contributed by atoms with Crippen molar-refractivity contribution in [1.82, 2.24) is 4.90 Å². The standard InChI is InChI=1S/C43H69NO7S/c1-8-9-16-30(38(48)35(47)23-29-17-18-29)24-34(46)37-36-33(41(36,5)6)27-44(37)39(49)32(42(7)19-12-10-13-20-42)25-31(45)26-43(21-14-11-15-22-43)28-52(50,51)40(2,3)4/h29-30,32-33,36-37H,8-28H2,1-7H3/t30-,32-,33+,36+,37-/m1/s1. The average Bonchev–Trinajstić information content (AvgIpc) is 3.92. The van der Waals surface area contributed by atoms with Gasteiger partial charge >= 0.3 is 0 Å². The molecule has 0 N–H and O–H groups in total. The summed E-state index contributed by atoms with van der Waals surface area (Å²) < 4.78 is 26.1. The van der Waals surface area contributed by atoms with Crippen molar-refractivity contribution in [2.24, 2.45) is 45.8 Å². The van der Waals surface area contributed by atoms with Gasteiger partial charge in [0.25, 0.3) is 0 Å². The summed E-state index contributed by atoms with van der Waals surface area (Å²) in [6.45, 7) is 14.1. The molecule has 0 unspecified atom stereocenters. The van der Waals surface area contributed by atoms with Gasteiger partial charge in [-0.1, -0.05) is 79.1 Å². The number of hydrogen-bond acceptors (Lipinski definition) is 7. The van der Waals surface area contributed by atoms with Crippen molar-refractivity contribution in [2.75, 3.05) is 12.3 Å². The second kappa shape index (κ2) is 15.7. The lowest BCUT2D eigenvalue weighted by Crippen LogP contribution is -2.52. The first kappa shape index (κ1) is 41.3. The largest absolute Gasteiger partial charge is 0.332 e. The Kier molecular flexibility index (Phi) is 12.4. The molecule has 5 aliphatic rings. The number of carbonyl (C=O) groups excluding carboxylic acids is 5. The molecule has 52 heavy (non-hydrogen) atoms. The summed E-state index contributed by atoms with van der Waals surface area (Å²) in [5.41, 5.74) is -1.11. The summed E-state index contributed by atoms with van der Waals surface area (Å²) in [7, 11) is -3.46. The van der Waals surface area contributed by atoms with Crippen LogP contribution in [0.3, 0.4) is 0 Å². The number of Topliss-reactive ketones (excluding diaryl/α,β-unsaturated/α-hetero) is 4. The summed E-state index contributed by atoms with van der Waals surface area (Å²) >= 11 is 0. The summed E-state index contributed by atoms with van der Waals surface area (Å²) in [6.07, 6.45) is 13.5. The summed E-state index contributed by atoms with van der Waals surface area (Å²) in [4.78, 5) is 72.0. The normalized spacial score (nSPS) is 27.7. The van der Waals surface area contributed by atoms with Gasteiger partial charge in [0.1, 0.15) is 5.78 Å². The van der Waals surface area contributed by atoms with Gasteiger partial charge in [-0.05, 0) is 99.7 Å². The van der Waals surface area contributed by atoms with Crippen LogP contribution < -0.4 is 0 Å². The van der Waals surface area contributed by atoms with E-state index in [-0.39, 0.29) is 71.9 Å². The molecule has 4 saturated carbocycles. The Balaban J connectivity index is 1.39. The number of rotatable bonds is 18. The van der Waals surface area contributed by atoms with E-state index in [1.54, 1.807) is 25.7 Å². The van der Waals surface area contributed by atoms with Gasteiger partial charge in [0.05, 0.1) is 22.5 Å². The number of amides is 1. The van der Waals surface area contributed by atoms with E-state index in [2.05, 4.69) is 20.8 Å². The van der Waals surface area contributed by atoms with Gasteiger partial charge in [0.2, 0.25) is 11.7 Å². The maximum Gasteiger partial charge on any atom is 0.227 e. The van der Waals surface area contributed by atoms with Gasteiger partial charge in [0.15, 0.2) is 21.4 Å². The van der Waals surface area contributed by atoms with Crippen molar-refractivity contribution in [1.29, 1.82) is 0 Å². The van der Waals surface area contributed by atoms with E-state index in [1.165, 1.54) is 0 Å². The number of unbranched alkanes of at least 4 members (excludes halogenated alkanes) is 1. The van der Waals surface area contributed by atoms with Crippen molar-refractivity contribution in [3.8, 4) is 0 Å². The predicted octanol–water partition coefficient (Wildman–Crippen LogP) is 8.27. The molecular weight excluding hydrogens is 675 g/mol. The van der Waals surface area contributed by atoms with Crippen LogP contribution >= 0.6 is 0 Å². The number of hydrogen-bond donors (Lipinski definition) is 0. The van der Waals surface area contributed by atoms with Crippen LogP contribution in [-0.4, -0.2) is 65.4 Å². The first-order chi connectivity index (χ1) is 24.3. The highest BCUT2D eigenvalue weighted by Crippen LogP contribution is 2.65. The molecule has 1 saturated heterocycles. The molecule has 9 heteroatoms. The molecule has 8 nitrogen and oxygen atoms in total. The molecule has 294 valence electrons. The zero-order chi connectivity index (χ0) is 38.3. The predicted molar refractivity (Wildman–Crippen MR) is 204 cm³/mol. The SMILES string of the molecule is CCCC[C@H](CC(=O)[C@@H]1[C@@H]2[C@H](CN1C(=O)[C@@H](CC(=O)CC1(CS(=O)(=O)C(C)(C)C)CCCCC1)C1(C)CCCCC1)C2(C)C)C(=O)C(=O)CC1CC1. The fourth-order valence-electron chi connectivity index (χ4n) is 10.5. The summed E-state index contributed by atoms with van der Waals surface area (Å²) in [5.74, 6) is -1.83. The van der Waals surface area contributed by atoms with Crippen molar-refractivity contribution in [2.45, 2.75) is 181 Å². The molecular formula is C43H69NO7S. The Hall–Kier alpha value is -1.90. The average molecular weight is 744 g/mol. The van der Waals surface area contributed by atoms with Crippen molar-refractivity contribution < 1.29 is 32.4 Å². The van der Waals surface area contributed by atoms with E-state index in [4.69, 9.17) is 0 Å². The zero-order valence-corrected chi connectivity index (χ0v) is 34.3. The Bertz CT molecular complexity index is 1470. The molecule has 5 rings (SSSR count). The van der Waals surface area contributed by atoms with E-state index in [0.29, 0.717) is 31.7 Å². The minimum atomic E-state index is -3.46. The smallest absolute Gasteiger partial charge is 0.227 e. The second-order valence-electron chi connectivity index (χ2n) is 20.0. The first-order valence-corrected chi connectivity index (χ1v) is 22.5. The monoisotopic (exact) mass is 743 g/mol. The molecule has 5 fully saturated rings. The minimum Gasteiger partial charge on any atom is -0.332 e. The molecule has 4 aliphatic carbocycles. The molecule has 1 amide bonds. The zero-order valence-electron chi connectivity index (χ0n) is 33.5. The van der Waals surface area contributed by atoms with E-state index in [9.17, 15) is 27.6 Å². The lowest BCUT2D eigenvalue weighted by Gasteiger charge is -2.44. The van der Waals surface area contributed by atoms with Gasteiger partial charge < -0.3 is 4.90 Å². The molecule has 0 aromatic rings. The van der Waals surface area contributed by atoms with Crippen LogP contribution in [0.5, 0.6) is 0 Å². The molecule has 0 spiro atoms. The maximum absolute atomic E-state index is 15.0. The molecule has 1 heterocycles. The van der Waals surface area contributed by atoms with Crippen molar-refractivity contribution >= 4 is 38.9 Å². The van der Waals surface area contributed by atoms with Crippen LogP contribution in [-0.2, 0) is 33.8 Å². The Labute approximate surface area is 314 Å². The highest BCUT2D eigenvalue weighted by atomic mass is 32.2. The van der Waals surface area contributed by atoms with Crippen molar-refractivity contribution in [3.05, 3.63) is 0 Å². The quantitative estimate of drug-likeness (QED) is 0.130. The third-order valence-corrected chi connectivity index (χ3v) is 17.3. The Morgan fingerprint density at radius 1 is 0.846 bits per heavy atom. The lowest BCUT2D eigenvalue weighted by atomic mass is 9.64. The minimum absolute atomic E-state index is 0.00308. The number of piperidine rings is 1.